The van der Waals surface area contributed by atoms with Crippen LogP contribution < -0.4 is 5.32 Å². The molecule has 1 aromatic rings. The van der Waals surface area contributed by atoms with Crippen molar-refractivity contribution in [3.05, 3.63) is 34.9 Å². The van der Waals surface area contributed by atoms with E-state index in [-0.39, 0.29) is 11.2 Å². The van der Waals surface area contributed by atoms with Gasteiger partial charge in [0.15, 0.2) is 5.78 Å². The summed E-state index contributed by atoms with van der Waals surface area (Å²) in [5.74, 6) is 0.281. The summed E-state index contributed by atoms with van der Waals surface area (Å²) in [6.45, 7) is 9.64. The number of hydrogen-bond acceptors (Lipinski definition) is 2. The number of carbonyl (C=O) groups is 1. The average molecular weight is 259 g/mol. The van der Waals surface area contributed by atoms with Gasteiger partial charge in [0, 0.05) is 18.0 Å². The molecule has 0 aromatic heterocycles. The Morgan fingerprint density at radius 3 is 2.68 bits per heavy atom. The molecule has 1 atom stereocenters. The van der Waals surface area contributed by atoms with E-state index in [0.29, 0.717) is 12.5 Å². The van der Waals surface area contributed by atoms with E-state index in [9.17, 15) is 4.79 Å². The Labute approximate surface area is 116 Å². The summed E-state index contributed by atoms with van der Waals surface area (Å²) in [6.07, 6.45) is 2.96. The molecule has 0 amide bonds. The molecule has 19 heavy (non-hydrogen) atoms. The highest BCUT2D eigenvalue weighted by Gasteiger charge is 2.21. The monoisotopic (exact) mass is 259 g/mol. The topological polar surface area (TPSA) is 29.1 Å². The maximum Gasteiger partial charge on any atom is 0.164 e. The van der Waals surface area contributed by atoms with Crippen LogP contribution >= 0.6 is 0 Å². The second-order valence-electron chi connectivity index (χ2n) is 6.70. The predicted octanol–water partition coefficient (Wildman–Crippen LogP) is 3.62. The normalized spacial score (nSPS) is 19.7. The molecule has 1 aliphatic rings. The Kier molecular flexibility index (Phi) is 4.10. The fraction of sp³-hybridized carbons (Fsp3) is 0.588. The first kappa shape index (κ1) is 14.3. The van der Waals surface area contributed by atoms with E-state index < -0.39 is 0 Å². The fourth-order valence-corrected chi connectivity index (χ4v) is 2.65. The molecular weight excluding hydrogens is 234 g/mol. The first-order valence-electron chi connectivity index (χ1n) is 7.25. The Bertz CT molecular complexity index is 465. The van der Waals surface area contributed by atoms with Crippen LogP contribution in [0, 0.1) is 6.92 Å². The van der Waals surface area contributed by atoms with Gasteiger partial charge in [-0.25, -0.2) is 0 Å². The number of hydrogen-bond donors (Lipinski definition) is 1. The molecule has 2 nitrogen and oxygen atoms in total. The number of aryl methyl sites for hydroxylation is 1. The van der Waals surface area contributed by atoms with Crippen LogP contribution in [0.4, 0.5) is 0 Å². The highest BCUT2D eigenvalue weighted by atomic mass is 16.1. The molecule has 0 radical (unpaired) electrons. The van der Waals surface area contributed by atoms with Crippen molar-refractivity contribution in [3.8, 4) is 0 Å². The average Bonchev–Trinajstić information content (AvgIpc) is 2.80. The maximum absolute atomic E-state index is 12.5. The van der Waals surface area contributed by atoms with Crippen molar-refractivity contribution in [2.75, 3.05) is 6.54 Å². The zero-order valence-corrected chi connectivity index (χ0v) is 12.5. The summed E-state index contributed by atoms with van der Waals surface area (Å²) in [6, 6.07) is 6.69. The lowest BCUT2D eigenvalue weighted by molar-refractivity contribution is 0.0971. The molecule has 0 bridgehead atoms. The summed E-state index contributed by atoms with van der Waals surface area (Å²) < 4.78 is 0. The van der Waals surface area contributed by atoms with Crippen LogP contribution in [-0.4, -0.2) is 18.4 Å². The van der Waals surface area contributed by atoms with Gasteiger partial charge in [-0.2, -0.15) is 0 Å². The van der Waals surface area contributed by atoms with Crippen LogP contribution in [0.3, 0.4) is 0 Å². The van der Waals surface area contributed by atoms with Gasteiger partial charge in [0.25, 0.3) is 0 Å². The van der Waals surface area contributed by atoms with E-state index in [2.05, 4.69) is 44.3 Å². The van der Waals surface area contributed by atoms with E-state index in [4.69, 9.17) is 0 Å². The largest absolute Gasteiger partial charge is 0.314 e. The van der Waals surface area contributed by atoms with Gasteiger partial charge in [0.05, 0.1) is 0 Å². The second-order valence-corrected chi connectivity index (χ2v) is 6.70. The predicted molar refractivity (Wildman–Crippen MR) is 79.9 cm³/mol. The molecule has 2 rings (SSSR count). The van der Waals surface area contributed by atoms with Crippen LogP contribution in [0.2, 0.25) is 0 Å². The van der Waals surface area contributed by atoms with Gasteiger partial charge in [-0.3, -0.25) is 4.79 Å². The van der Waals surface area contributed by atoms with Crippen LogP contribution in [-0.2, 0) is 5.41 Å². The van der Waals surface area contributed by atoms with Crippen molar-refractivity contribution in [1.29, 1.82) is 0 Å². The van der Waals surface area contributed by atoms with E-state index >= 15 is 0 Å². The SMILES string of the molecule is Cc1ccc(C(C)(C)C)cc1C(=O)CC1CCCN1. The minimum Gasteiger partial charge on any atom is -0.314 e. The van der Waals surface area contributed by atoms with Crippen molar-refractivity contribution in [3.63, 3.8) is 0 Å². The zero-order chi connectivity index (χ0) is 14.0. The Morgan fingerprint density at radius 1 is 1.37 bits per heavy atom. The molecule has 1 aromatic carbocycles. The second kappa shape index (κ2) is 5.46. The van der Waals surface area contributed by atoms with E-state index in [1.54, 1.807) is 0 Å². The number of nitrogens with one attached hydrogen (secondary N) is 1. The highest BCUT2D eigenvalue weighted by Crippen LogP contribution is 2.25. The Hall–Kier alpha value is -1.15. The van der Waals surface area contributed by atoms with Gasteiger partial charge in [0.2, 0.25) is 0 Å². The standard InChI is InChI=1S/C17H25NO/c1-12-7-8-13(17(2,3)4)10-15(12)16(19)11-14-6-5-9-18-14/h7-8,10,14,18H,5-6,9,11H2,1-4H3. The molecule has 0 aliphatic carbocycles. The molecule has 1 fully saturated rings. The number of Topliss-reactive ketones (excluding diaryl/α,β-unsaturated/α-hetero) is 1. The molecular formula is C17H25NO. The zero-order valence-electron chi connectivity index (χ0n) is 12.5. The van der Waals surface area contributed by atoms with Gasteiger partial charge >= 0.3 is 0 Å². The lowest BCUT2D eigenvalue weighted by Gasteiger charge is -2.21. The number of benzene rings is 1. The van der Waals surface area contributed by atoms with Crippen LogP contribution in [0.5, 0.6) is 0 Å². The van der Waals surface area contributed by atoms with Gasteiger partial charge in [-0.05, 0) is 48.9 Å². The first-order valence-corrected chi connectivity index (χ1v) is 7.25. The van der Waals surface area contributed by atoms with Gasteiger partial charge < -0.3 is 5.32 Å². The highest BCUT2D eigenvalue weighted by molar-refractivity contribution is 5.98. The van der Waals surface area contributed by atoms with Crippen molar-refractivity contribution in [1.82, 2.24) is 5.32 Å². The van der Waals surface area contributed by atoms with Gasteiger partial charge in [-0.15, -0.1) is 0 Å². The third-order valence-electron chi connectivity index (χ3n) is 4.00. The minimum absolute atomic E-state index is 0.0916. The summed E-state index contributed by atoms with van der Waals surface area (Å²) in [5.41, 5.74) is 3.33. The summed E-state index contributed by atoms with van der Waals surface area (Å²) in [4.78, 5) is 12.5. The van der Waals surface area contributed by atoms with Crippen molar-refractivity contribution < 1.29 is 4.79 Å². The summed E-state index contributed by atoms with van der Waals surface area (Å²) >= 11 is 0. The molecule has 1 N–H and O–H groups in total. The first-order chi connectivity index (χ1) is 8.88. The van der Waals surface area contributed by atoms with E-state index in [0.717, 1.165) is 24.1 Å². The molecule has 1 aliphatic heterocycles. The molecule has 1 saturated heterocycles. The summed E-state index contributed by atoms with van der Waals surface area (Å²) in [7, 11) is 0. The Morgan fingerprint density at radius 2 is 2.11 bits per heavy atom. The fourth-order valence-electron chi connectivity index (χ4n) is 2.65. The molecule has 1 unspecified atom stereocenters. The molecule has 0 saturated carbocycles. The minimum atomic E-state index is 0.0916. The number of carbonyl (C=O) groups excluding carboxylic acids is 1. The maximum atomic E-state index is 12.5. The van der Waals surface area contributed by atoms with Crippen LogP contribution in [0.25, 0.3) is 0 Å². The quantitative estimate of drug-likeness (QED) is 0.840. The van der Waals surface area contributed by atoms with Gasteiger partial charge in [0.1, 0.15) is 0 Å². The molecule has 104 valence electrons. The Balaban J connectivity index is 2.20. The van der Waals surface area contributed by atoms with Crippen molar-refractivity contribution in [2.45, 2.75) is 58.4 Å². The summed E-state index contributed by atoms with van der Waals surface area (Å²) in [5, 5.41) is 3.40. The van der Waals surface area contributed by atoms with Crippen molar-refractivity contribution >= 4 is 5.78 Å². The molecule has 1 heterocycles. The molecule has 0 spiro atoms. The van der Waals surface area contributed by atoms with Gasteiger partial charge in [-0.1, -0.05) is 32.9 Å². The molecule has 2 heteroatoms. The van der Waals surface area contributed by atoms with E-state index in [1.165, 1.54) is 12.0 Å². The van der Waals surface area contributed by atoms with Crippen molar-refractivity contribution in [2.24, 2.45) is 0 Å². The number of ketones is 1. The lowest BCUT2D eigenvalue weighted by Crippen LogP contribution is -2.25. The van der Waals surface area contributed by atoms with Crippen LogP contribution in [0.1, 0.15) is 61.5 Å². The van der Waals surface area contributed by atoms with E-state index in [1.807, 2.05) is 6.92 Å². The smallest absolute Gasteiger partial charge is 0.164 e. The number of rotatable bonds is 3. The van der Waals surface area contributed by atoms with Crippen LogP contribution in [0.15, 0.2) is 18.2 Å². The third kappa shape index (κ3) is 3.44. The lowest BCUT2D eigenvalue weighted by atomic mass is 9.84. The third-order valence-corrected chi connectivity index (χ3v) is 4.00.